The third-order valence-corrected chi connectivity index (χ3v) is 4.02. The molecule has 1 saturated heterocycles. The average molecular weight is 324 g/mol. The Balaban J connectivity index is 2.00. The molecule has 120 valence electrons. The fraction of sp³-hybridized carbons (Fsp3) is 0.529. The first kappa shape index (κ1) is 16.8. The summed E-state index contributed by atoms with van der Waals surface area (Å²) in [7, 11) is 0. The van der Waals surface area contributed by atoms with Gasteiger partial charge in [0.25, 0.3) is 0 Å². The monoisotopic (exact) mass is 323 g/mol. The fourth-order valence-corrected chi connectivity index (χ4v) is 2.63. The summed E-state index contributed by atoms with van der Waals surface area (Å²) in [4.78, 5) is 25.7. The molecule has 0 N–H and O–H groups in total. The maximum atomic E-state index is 12.1. The lowest BCUT2D eigenvalue weighted by molar-refractivity contribution is -0.119. The van der Waals surface area contributed by atoms with E-state index in [1.165, 1.54) is 4.90 Å². The highest BCUT2D eigenvalue weighted by molar-refractivity contribution is 6.31. The van der Waals surface area contributed by atoms with Gasteiger partial charge < -0.3 is 9.64 Å². The lowest BCUT2D eigenvalue weighted by atomic mass is 9.97. The van der Waals surface area contributed by atoms with Crippen LogP contribution in [0.2, 0.25) is 5.02 Å². The number of benzene rings is 1. The molecule has 1 aromatic rings. The van der Waals surface area contributed by atoms with Gasteiger partial charge in [-0.3, -0.25) is 4.79 Å². The third-order valence-electron chi connectivity index (χ3n) is 3.60. The number of ether oxygens (including phenoxy) is 1. The maximum Gasteiger partial charge on any atom is 0.410 e. The molecule has 1 amide bonds. The lowest BCUT2D eigenvalue weighted by Crippen LogP contribution is -2.35. The van der Waals surface area contributed by atoms with E-state index in [0.29, 0.717) is 13.0 Å². The number of nitrogens with zero attached hydrogens (tertiary/aromatic N) is 1. The zero-order chi connectivity index (χ0) is 16.5. The van der Waals surface area contributed by atoms with E-state index in [2.05, 4.69) is 0 Å². The van der Waals surface area contributed by atoms with Crippen LogP contribution in [-0.4, -0.2) is 35.5 Å². The number of carbonyl (C=O) groups excluding carboxylic acids is 2. The summed E-state index contributed by atoms with van der Waals surface area (Å²) in [5.41, 5.74) is 1.51. The number of hydrogen-bond acceptors (Lipinski definition) is 3. The molecule has 1 unspecified atom stereocenters. The molecule has 1 aliphatic rings. The van der Waals surface area contributed by atoms with Crippen LogP contribution in [0, 0.1) is 12.8 Å². The van der Waals surface area contributed by atoms with Gasteiger partial charge in [-0.05, 0) is 51.3 Å². The van der Waals surface area contributed by atoms with E-state index in [4.69, 9.17) is 16.3 Å². The Morgan fingerprint density at radius 2 is 2.09 bits per heavy atom. The van der Waals surface area contributed by atoms with Crippen molar-refractivity contribution in [3.05, 3.63) is 34.3 Å². The summed E-state index contributed by atoms with van der Waals surface area (Å²) < 4.78 is 5.32. The van der Waals surface area contributed by atoms with Crippen LogP contribution >= 0.6 is 11.6 Å². The number of ketones is 1. The van der Waals surface area contributed by atoms with Gasteiger partial charge >= 0.3 is 6.09 Å². The summed E-state index contributed by atoms with van der Waals surface area (Å²) in [6.45, 7) is 7.93. The zero-order valence-electron chi connectivity index (χ0n) is 13.5. The van der Waals surface area contributed by atoms with Gasteiger partial charge in [0, 0.05) is 17.5 Å². The van der Waals surface area contributed by atoms with Crippen molar-refractivity contribution in [2.45, 2.75) is 39.7 Å². The summed E-state index contributed by atoms with van der Waals surface area (Å²) in [5.74, 6) is -0.0912. The van der Waals surface area contributed by atoms with Crippen LogP contribution in [0.25, 0.3) is 0 Å². The molecule has 22 heavy (non-hydrogen) atoms. The van der Waals surface area contributed by atoms with E-state index >= 15 is 0 Å². The molecule has 0 aliphatic carbocycles. The molecule has 5 heteroatoms. The molecule has 1 fully saturated rings. The molecule has 1 aliphatic heterocycles. The van der Waals surface area contributed by atoms with Crippen molar-refractivity contribution < 1.29 is 14.3 Å². The second-order valence-corrected chi connectivity index (χ2v) is 7.22. The highest BCUT2D eigenvalue weighted by Crippen LogP contribution is 2.23. The van der Waals surface area contributed by atoms with Crippen molar-refractivity contribution >= 4 is 23.5 Å². The van der Waals surface area contributed by atoms with Crippen molar-refractivity contribution in [2.75, 3.05) is 13.1 Å². The van der Waals surface area contributed by atoms with Crippen LogP contribution in [0.3, 0.4) is 0 Å². The fourth-order valence-electron chi connectivity index (χ4n) is 2.51. The summed E-state index contributed by atoms with van der Waals surface area (Å²) in [6.07, 6.45) is 0.200. The van der Waals surface area contributed by atoms with Crippen LogP contribution in [0.4, 0.5) is 4.79 Å². The predicted molar refractivity (Wildman–Crippen MR) is 86.2 cm³/mol. The van der Waals surface area contributed by atoms with Crippen LogP contribution in [0.15, 0.2) is 18.2 Å². The molecule has 0 saturated carbocycles. The molecular weight excluding hydrogens is 302 g/mol. The zero-order valence-corrected chi connectivity index (χ0v) is 14.2. The van der Waals surface area contributed by atoms with Crippen molar-refractivity contribution in [1.82, 2.24) is 4.90 Å². The van der Waals surface area contributed by atoms with E-state index in [0.717, 1.165) is 16.1 Å². The van der Waals surface area contributed by atoms with Crippen molar-refractivity contribution in [2.24, 2.45) is 5.92 Å². The first-order valence-electron chi connectivity index (χ1n) is 7.41. The number of Topliss-reactive ketones (excluding diaryl/α,β-unsaturated/α-hetero) is 1. The van der Waals surface area contributed by atoms with Gasteiger partial charge in [-0.1, -0.05) is 23.7 Å². The van der Waals surface area contributed by atoms with Crippen molar-refractivity contribution in [3.63, 3.8) is 0 Å². The summed E-state index contributed by atoms with van der Waals surface area (Å²) in [5, 5.41) is 0.719. The van der Waals surface area contributed by atoms with Gasteiger partial charge in [-0.15, -0.1) is 0 Å². The smallest absolute Gasteiger partial charge is 0.410 e. The molecule has 0 radical (unpaired) electrons. The Hall–Kier alpha value is -1.55. The van der Waals surface area contributed by atoms with E-state index < -0.39 is 11.7 Å². The normalized spacial score (nSPS) is 18.7. The minimum Gasteiger partial charge on any atom is -0.444 e. The average Bonchev–Trinajstić information content (AvgIpc) is 2.74. The highest BCUT2D eigenvalue weighted by atomic mass is 35.5. The Bertz CT molecular complexity index is 592. The largest absolute Gasteiger partial charge is 0.444 e. The maximum absolute atomic E-state index is 12.1. The number of rotatable bonds is 2. The molecule has 0 spiro atoms. The Morgan fingerprint density at radius 1 is 1.41 bits per heavy atom. The number of halogens is 1. The SMILES string of the molecule is Cc1cc(CC2CN(C(=O)OC(C)(C)C)CC2=O)ccc1Cl. The number of carbonyl (C=O) groups is 2. The van der Waals surface area contributed by atoms with E-state index in [-0.39, 0.29) is 18.2 Å². The summed E-state index contributed by atoms with van der Waals surface area (Å²) in [6, 6.07) is 5.77. The topological polar surface area (TPSA) is 46.6 Å². The van der Waals surface area contributed by atoms with Crippen LogP contribution in [0.5, 0.6) is 0 Å². The molecular formula is C17H22ClNO3. The van der Waals surface area contributed by atoms with Gasteiger partial charge in [0.2, 0.25) is 0 Å². The van der Waals surface area contributed by atoms with Gasteiger partial charge in [0.05, 0.1) is 6.54 Å². The standard InChI is InChI=1S/C17H22ClNO3/c1-11-7-12(5-6-14(11)18)8-13-9-19(10-15(13)20)16(21)22-17(2,3)4/h5-7,13H,8-10H2,1-4H3. The molecule has 1 atom stereocenters. The second kappa shape index (κ2) is 6.29. The van der Waals surface area contributed by atoms with Gasteiger partial charge in [0.1, 0.15) is 5.60 Å². The second-order valence-electron chi connectivity index (χ2n) is 6.81. The van der Waals surface area contributed by atoms with Gasteiger partial charge in [0.15, 0.2) is 5.78 Å². The first-order valence-corrected chi connectivity index (χ1v) is 7.79. The van der Waals surface area contributed by atoms with Crippen LogP contribution < -0.4 is 0 Å². The molecule has 4 nitrogen and oxygen atoms in total. The lowest BCUT2D eigenvalue weighted by Gasteiger charge is -2.24. The minimum atomic E-state index is -0.550. The predicted octanol–water partition coefficient (Wildman–Crippen LogP) is 3.63. The molecule has 2 rings (SSSR count). The molecule has 0 aromatic heterocycles. The minimum absolute atomic E-state index is 0.0819. The number of aryl methyl sites for hydroxylation is 1. The number of likely N-dealkylation sites (tertiary alicyclic amines) is 1. The van der Waals surface area contributed by atoms with Crippen molar-refractivity contribution in [3.8, 4) is 0 Å². The number of hydrogen-bond donors (Lipinski definition) is 0. The summed E-state index contributed by atoms with van der Waals surface area (Å²) >= 11 is 6.02. The van der Waals surface area contributed by atoms with Gasteiger partial charge in [-0.25, -0.2) is 4.79 Å². The Labute approximate surface area is 136 Å². The first-order chi connectivity index (χ1) is 10.2. The van der Waals surface area contributed by atoms with Crippen LogP contribution in [0.1, 0.15) is 31.9 Å². The molecule has 1 aromatic carbocycles. The van der Waals surface area contributed by atoms with E-state index in [9.17, 15) is 9.59 Å². The van der Waals surface area contributed by atoms with Crippen LogP contribution in [-0.2, 0) is 16.0 Å². The van der Waals surface area contributed by atoms with E-state index in [1.54, 1.807) is 0 Å². The Kier molecular flexibility index (Phi) is 4.81. The highest BCUT2D eigenvalue weighted by Gasteiger charge is 2.35. The van der Waals surface area contributed by atoms with Gasteiger partial charge in [-0.2, -0.15) is 0 Å². The van der Waals surface area contributed by atoms with Crippen molar-refractivity contribution in [1.29, 1.82) is 0 Å². The van der Waals surface area contributed by atoms with E-state index in [1.807, 2.05) is 45.9 Å². The number of amides is 1. The third kappa shape index (κ3) is 4.23. The quantitative estimate of drug-likeness (QED) is 0.835. The Morgan fingerprint density at radius 3 is 2.68 bits per heavy atom. The molecule has 0 bridgehead atoms. The molecule has 1 heterocycles.